The van der Waals surface area contributed by atoms with Crippen LogP contribution in [0.15, 0.2) is 33.9 Å². The third-order valence-electron chi connectivity index (χ3n) is 15.5. The summed E-state index contributed by atoms with van der Waals surface area (Å²) in [5, 5.41) is 22.5. The Morgan fingerprint density at radius 1 is 1.00 bits per heavy atom. The van der Waals surface area contributed by atoms with Crippen molar-refractivity contribution in [1.82, 2.24) is 15.2 Å². The average Bonchev–Trinajstić information content (AvgIpc) is 3.64. The van der Waals surface area contributed by atoms with Gasteiger partial charge < -0.3 is 19.6 Å². The van der Waals surface area contributed by atoms with E-state index in [0.29, 0.717) is 40.9 Å². The summed E-state index contributed by atoms with van der Waals surface area (Å²) in [6, 6.07) is 3.79. The molecule has 0 aromatic carbocycles. The number of ether oxygens (including phenoxy) is 1. The van der Waals surface area contributed by atoms with Crippen molar-refractivity contribution in [3.05, 3.63) is 34.5 Å². The Morgan fingerprint density at radius 2 is 1.74 bits per heavy atom. The van der Waals surface area contributed by atoms with Gasteiger partial charge in [-0.25, -0.2) is 4.98 Å². The van der Waals surface area contributed by atoms with Crippen molar-refractivity contribution in [2.24, 2.45) is 50.7 Å². The molecule has 0 saturated heterocycles. The normalized spacial score (nSPS) is 36.3. The smallest absolute Gasteiger partial charge is 0.316 e. The molecule has 5 aliphatic rings. The van der Waals surface area contributed by atoms with Gasteiger partial charge in [0.05, 0.1) is 22.4 Å². The highest BCUT2D eigenvalue weighted by Gasteiger charge is 2.70. The van der Waals surface area contributed by atoms with E-state index in [9.17, 15) is 19.5 Å². The van der Waals surface area contributed by atoms with Crippen LogP contribution >= 0.6 is 11.6 Å². The van der Waals surface area contributed by atoms with Gasteiger partial charge >= 0.3 is 18.0 Å². The highest BCUT2D eigenvalue weighted by atomic mass is 35.5. The molecule has 2 aromatic heterocycles. The molecular weight excluding hydrogens is 692 g/mol. The number of fused-ring (bicyclic) bond motifs is 7. The molecule has 0 radical (unpaired) electrons. The van der Waals surface area contributed by atoms with Crippen LogP contribution in [-0.2, 0) is 19.1 Å². The van der Waals surface area contributed by atoms with E-state index in [0.717, 1.165) is 56.9 Å². The largest absolute Gasteiger partial charge is 0.481 e. The number of hydrogen-bond acceptors (Lipinski definition) is 9. The van der Waals surface area contributed by atoms with Crippen LogP contribution in [0.3, 0.4) is 0 Å². The molecule has 0 bridgehead atoms. The number of carboxylic acid groups (broad SMARTS) is 1. The molecule has 7 rings (SSSR count). The Labute approximate surface area is 318 Å². The fourth-order valence-electron chi connectivity index (χ4n) is 12.7. The van der Waals surface area contributed by atoms with Gasteiger partial charge in [0.15, 0.2) is 5.78 Å². The maximum Gasteiger partial charge on any atom is 0.316 e. The lowest BCUT2D eigenvalue weighted by Crippen LogP contribution is -2.66. The molecule has 8 atom stereocenters. The maximum absolute atomic E-state index is 14.1. The van der Waals surface area contributed by atoms with Gasteiger partial charge in [-0.15, -0.1) is 5.10 Å². The van der Waals surface area contributed by atoms with Crippen LogP contribution in [0.25, 0.3) is 11.6 Å². The van der Waals surface area contributed by atoms with Gasteiger partial charge in [-0.2, -0.15) is 0 Å². The summed E-state index contributed by atoms with van der Waals surface area (Å²) >= 11 is 6.06. The number of aromatic nitrogens is 3. The number of pyridine rings is 1. The van der Waals surface area contributed by atoms with Crippen molar-refractivity contribution in [3.8, 4) is 11.6 Å². The highest BCUT2D eigenvalue weighted by Crippen LogP contribution is 2.76. The summed E-state index contributed by atoms with van der Waals surface area (Å²) in [6.07, 6.45) is 9.25. The second kappa shape index (κ2) is 12.6. The Hall–Kier alpha value is -3.27. The van der Waals surface area contributed by atoms with E-state index < -0.39 is 22.9 Å². The number of carbonyl (C=O) groups is 3. The topological polar surface area (TPSA) is 145 Å². The van der Waals surface area contributed by atoms with E-state index in [1.165, 1.54) is 5.57 Å². The predicted octanol–water partition coefficient (Wildman–Crippen LogP) is 9.34. The monoisotopic (exact) mass is 748 g/mol. The quantitative estimate of drug-likeness (QED) is 0.251. The molecule has 2 aromatic rings. The molecule has 4 saturated carbocycles. The van der Waals surface area contributed by atoms with Gasteiger partial charge in [0.25, 0.3) is 5.89 Å². The molecule has 0 spiro atoms. The predicted molar refractivity (Wildman–Crippen MR) is 202 cm³/mol. The van der Waals surface area contributed by atoms with E-state index in [4.69, 9.17) is 20.8 Å². The van der Waals surface area contributed by atoms with Crippen LogP contribution in [0.2, 0.25) is 5.02 Å². The average molecular weight is 749 g/mol. The molecule has 0 aliphatic heterocycles. The summed E-state index contributed by atoms with van der Waals surface area (Å²) in [4.78, 5) is 43.2. The van der Waals surface area contributed by atoms with Crippen LogP contribution in [-0.4, -0.2) is 49.7 Å². The number of anilines is 1. The molecule has 53 heavy (non-hydrogen) atoms. The molecule has 5 aliphatic carbocycles. The number of ketones is 1. The fraction of sp³-hybridized carbons (Fsp3) is 0.714. The maximum atomic E-state index is 14.1. The second-order valence-corrected chi connectivity index (χ2v) is 19.8. The number of carbonyl (C=O) groups excluding carboxylic acids is 2. The minimum absolute atomic E-state index is 0.0295. The number of rotatable bonds is 8. The molecule has 11 heteroatoms. The number of esters is 1. The van der Waals surface area contributed by atoms with Gasteiger partial charge in [-0.1, -0.05) is 65.2 Å². The standard InChI is InChI=1S/C42H57ClN4O6/c1-23(2)32-27(48)20-42(45-36-47-46-34(53-36)26-12-10-24(43)22-44-26)19-18-40(8)25(33(32)42)11-13-29-39(7)16-15-30(52-31(49)21-37(3,4)35(50)51)38(5,6)28(39)14-17-41(29,40)9/h10,12,22-23,25,28-30H,11,13-21H2,1-9H3,(H,45,47)(H,50,51)/t25-,28+,29-,30+,39+,40-,41-,42-/m1/s1. The van der Waals surface area contributed by atoms with Crippen molar-refractivity contribution in [3.63, 3.8) is 0 Å². The highest BCUT2D eigenvalue weighted by molar-refractivity contribution is 6.30. The Balaban J connectivity index is 1.17. The molecule has 4 fully saturated rings. The van der Waals surface area contributed by atoms with E-state index in [2.05, 4.69) is 69.0 Å². The van der Waals surface area contributed by atoms with E-state index in [-0.39, 0.29) is 51.8 Å². The molecule has 2 N–H and O–H groups in total. The first-order chi connectivity index (χ1) is 24.7. The molecule has 10 nitrogen and oxygen atoms in total. The number of hydrogen-bond donors (Lipinski definition) is 2. The Morgan fingerprint density at radius 3 is 2.40 bits per heavy atom. The number of allylic oxidation sites excluding steroid dienone is 1. The van der Waals surface area contributed by atoms with Crippen molar-refractivity contribution < 1.29 is 28.6 Å². The van der Waals surface area contributed by atoms with E-state index in [1.807, 2.05) is 0 Å². The SMILES string of the molecule is CC(C)C1=C2[C@H]3CC[C@@H]4[C@@]5(C)CC[C@H](OC(=O)CC(C)(C)C(=O)O)C(C)(C)[C@@H]5CC[C@@]4(C)[C@]3(C)CC[C@@]2(Nc2nnc(-c3ccc(Cl)cn3)o2)CC1=O. The first-order valence-corrected chi connectivity index (χ1v) is 20.0. The van der Waals surface area contributed by atoms with Crippen molar-refractivity contribution in [2.45, 2.75) is 138 Å². The molecule has 0 amide bonds. The lowest BCUT2D eigenvalue weighted by molar-refractivity contribution is -0.231. The summed E-state index contributed by atoms with van der Waals surface area (Å²) < 4.78 is 12.3. The van der Waals surface area contributed by atoms with Crippen LogP contribution in [0.5, 0.6) is 0 Å². The molecule has 288 valence electrons. The summed E-state index contributed by atoms with van der Waals surface area (Å²) in [5.74, 6) is 0.261. The molecular formula is C42H57ClN4O6. The van der Waals surface area contributed by atoms with E-state index >= 15 is 0 Å². The number of Topliss-reactive ketones (excluding diaryl/α,β-unsaturated/α-hetero) is 1. The molecule has 2 heterocycles. The summed E-state index contributed by atoms with van der Waals surface area (Å²) in [6.45, 7) is 19.6. The van der Waals surface area contributed by atoms with E-state index in [1.54, 1.807) is 32.2 Å². The number of carboxylic acids is 1. The van der Waals surface area contributed by atoms with Crippen molar-refractivity contribution in [1.29, 1.82) is 0 Å². The number of nitrogens with one attached hydrogen (secondary N) is 1. The minimum atomic E-state index is -1.17. The zero-order valence-corrected chi connectivity index (χ0v) is 33.7. The third kappa shape index (κ3) is 5.78. The zero-order valence-electron chi connectivity index (χ0n) is 32.9. The Bertz CT molecular complexity index is 1850. The first kappa shape index (κ1) is 38.0. The number of aliphatic carboxylic acids is 1. The second-order valence-electron chi connectivity index (χ2n) is 19.4. The third-order valence-corrected chi connectivity index (χ3v) is 15.8. The lowest BCUT2D eigenvalue weighted by atomic mass is 9.33. The number of halogens is 1. The van der Waals surface area contributed by atoms with Crippen molar-refractivity contribution in [2.75, 3.05) is 5.32 Å². The van der Waals surface area contributed by atoms with Gasteiger partial charge in [0, 0.05) is 18.0 Å². The van der Waals surface area contributed by atoms with Gasteiger partial charge in [-0.05, 0) is 128 Å². The van der Waals surface area contributed by atoms with Gasteiger partial charge in [-0.3, -0.25) is 14.4 Å². The fourth-order valence-corrected chi connectivity index (χ4v) is 12.8. The molecule has 0 unspecified atom stereocenters. The van der Waals surface area contributed by atoms with Crippen molar-refractivity contribution >= 4 is 35.3 Å². The van der Waals surface area contributed by atoms with Crippen LogP contribution < -0.4 is 5.32 Å². The number of nitrogens with zero attached hydrogens (tertiary/aromatic N) is 3. The Kier molecular flexibility index (Phi) is 9.07. The summed E-state index contributed by atoms with van der Waals surface area (Å²) in [7, 11) is 0. The van der Waals surface area contributed by atoms with Gasteiger partial charge in [0.1, 0.15) is 11.8 Å². The lowest BCUT2D eigenvalue weighted by Gasteiger charge is -2.72. The zero-order chi connectivity index (χ0) is 38.5. The van der Waals surface area contributed by atoms with Gasteiger partial charge in [0.2, 0.25) is 0 Å². The van der Waals surface area contributed by atoms with Crippen LogP contribution in [0, 0.1) is 50.7 Å². The summed E-state index contributed by atoms with van der Waals surface area (Å²) in [5.41, 5.74) is 0.838. The van der Waals surface area contributed by atoms with Crippen LogP contribution in [0.1, 0.15) is 127 Å². The first-order valence-electron chi connectivity index (χ1n) is 19.6. The minimum Gasteiger partial charge on any atom is -0.481 e. The van der Waals surface area contributed by atoms with Crippen LogP contribution in [0.4, 0.5) is 6.01 Å².